The van der Waals surface area contributed by atoms with Gasteiger partial charge in [-0.3, -0.25) is 4.55 Å². The lowest BCUT2D eigenvalue weighted by Crippen LogP contribution is -2.13. The van der Waals surface area contributed by atoms with Crippen molar-refractivity contribution < 1.29 is 21.4 Å². The van der Waals surface area contributed by atoms with E-state index in [2.05, 4.69) is 0 Å². The summed E-state index contributed by atoms with van der Waals surface area (Å²) in [6.45, 7) is 0. The first-order chi connectivity index (χ1) is 5.86. The summed E-state index contributed by atoms with van der Waals surface area (Å²) in [6, 6.07) is 6.42. The summed E-state index contributed by atoms with van der Waals surface area (Å²) in [4.78, 5) is -0.447. The number of benzene rings is 1. The smallest absolute Gasteiger partial charge is 0.273 e. The molecule has 1 aromatic carbocycles. The Morgan fingerprint density at radius 2 is 1.38 bits per heavy atom. The van der Waals surface area contributed by atoms with Gasteiger partial charge >= 0.3 is 18.0 Å². The lowest BCUT2D eigenvalue weighted by Gasteiger charge is -1.98. The van der Waals surface area contributed by atoms with E-state index in [9.17, 15) is 16.8 Å². The van der Waals surface area contributed by atoms with E-state index < -0.39 is 22.9 Å². The van der Waals surface area contributed by atoms with Crippen molar-refractivity contribution >= 4 is 18.0 Å². The first kappa shape index (κ1) is 10.2. The molecule has 0 aliphatic heterocycles. The maximum Gasteiger partial charge on any atom is 0.377 e. The molecular weight excluding hydrogens is 216 g/mol. The second kappa shape index (κ2) is 3.09. The summed E-state index contributed by atoms with van der Waals surface area (Å²) in [5, 5.41) is 0. The van der Waals surface area contributed by atoms with Crippen LogP contribution in [0.15, 0.2) is 35.2 Å². The van der Waals surface area contributed by atoms with E-state index in [0.717, 1.165) is 12.1 Å². The molecule has 0 saturated carbocycles. The molecule has 0 atom stereocenters. The molecule has 1 N–H and O–H groups in total. The summed E-state index contributed by atoms with van der Waals surface area (Å²) >= 11 is 0. The normalized spacial score (nSPS) is 12.7. The Morgan fingerprint density at radius 1 is 0.923 bits per heavy atom. The summed E-state index contributed by atoms with van der Waals surface area (Å²) in [6.07, 6.45) is 0. The van der Waals surface area contributed by atoms with Gasteiger partial charge in [0.25, 0.3) is 0 Å². The van der Waals surface area contributed by atoms with Gasteiger partial charge in [-0.15, -0.1) is 0 Å². The van der Waals surface area contributed by atoms with Crippen molar-refractivity contribution in [2.45, 2.75) is 4.90 Å². The zero-order valence-electron chi connectivity index (χ0n) is 6.28. The highest BCUT2D eigenvalue weighted by Gasteiger charge is 2.28. The third-order valence-corrected chi connectivity index (χ3v) is 4.95. The summed E-state index contributed by atoms with van der Waals surface area (Å²) in [5.41, 5.74) is 0. The molecule has 0 heterocycles. The molecule has 0 amide bonds. The molecule has 1 rings (SSSR count). The summed E-state index contributed by atoms with van der Waals surface area (Å²) in [5.74, 6) is 0. The van der Waals surface area contributed by atoms with E-state index >= 15 is 0 Å². The van der Waals surface area contributed by atoms with Gasteiger partial charge in [0.1, 0.15) is 0 Å². The van der Waals surface area contributed by atoms with Crippen molar-refractivity contribution in [3.63, 3.8) is 0 Å². The van der Waals surface area contributed by atoms with Crippen molar-refractivity contribution in [2.24, 2.45) is 0 Å². The number of rotatable bonds is 2. The molecule has 0 saturated heterocycles. The Kier molecular flexibility index (Phi) is 2.42. The van der Waals surface area contributed by atoms with Crippen LogP contribution >= 0.6 is 0 Å². The van der Waals surface area contributed by atoms with E-state index in [-0.39, 0.29) is 0 Å². The predicted octanol–water partition coefficient (Wildman–Crippen LogP) is 0.263. The molecule has 0 bridgehead atoms. The Hall–Kier alpha value is -0.920. The Morgan fingerprint density at radius 3 is 1.77 bits per heavy atom. The fourth-order valence-corrected chi connectivity index (χ4v) is 2.51. The standard InChI is InChI=1S/C6H6O5S2/c7-12(8,13(9,10)11)6-4-2-1-3-5-6/h1-5H,(H,9,10,11). The maximum absolute atomic E-state index is 11.0. The molecule has 0 aromatic heterocycles. The first-order valence-corrected chi connectivity index (χ1v) is 6.57. The van der Waals surface area contributed by atoms with Crippen LogP contribution in [0.1, 0.15) is 0 Å². The molecule has 0 radical (unpaired) electrons. The Balaban J connectivity index is 3.43. The molecule has 0 aliphatic carbocycles. The minimum absolute atomic E-state index is 0.447. The zero-order chi connectivity index (χ0) is 10.1. The van der Waals surface area contributed by atoms with Gasteiger partial charge in [0.15, 0.2) is 0 Å². The topological polar surface area (TPSA) is 88.5 Å². The lowest BCUT2D eigenvalue weighted by atomic mass is 10.4. The summed E-state index contributed by atoms with van der Waals surface area (Å²) in [7, 11) is -9.73. The minimum atomic E-state index is -5.08. The van der Waals surface area contributed by atoms with Crippen LogP contribution in [0.4, 0.5) is 0 Å². The van der Waals surface area contributed by atoms with Crippen LogP contribution in [0.25, 0.3) is 0 Å². The average Bonchev–Trinajstić information content (AvgIpc) is 2.04. The van der Waals surface area contributed by atoms with Gasteiger partial charge in [-0.2, -0.15) is 8.42 Å². The van der Waals surface area contributed by atoms with E-state index in [1.54, 1.807) is 0 Å². The molecule has 0 spiro atoms. The second-order valence-corrected chi connectivity index (χ2v) is 7.01. The van der Waals surface area contributed by atoms with Crippen LogP contribution in [0.3, 0.4) is 0 Å². The van der Waals surface area contributed by atoms with Gasteiger partial charge in [0.2, 0.25) is 0 Å². The fraction of sp³-hybridized carbons (Fsp3) is 0. The molecule has 0 aliphatic rings. The van der Waals surface area contributed by atoms with Crippen molar-refractivity contribution in [1.82, 2.24) is 0 Å². The molecule has 5 nitrogen and oxygen atoms in total. The second-order valence-electron chi connectivity index (χ2n) is 2.19. The highest BCUT2D eigenvalue weighted by atomic mass is 33.2. The van der Waals surface area contributed by atoms with Gasteiger partial charge in [0, 0.05) is 0 Å². The molecule has 72 valence electrons. The van der Waals surface area contributed by atoms with Crippen molar-refractivity contribution in [1.29, 1.82) is 0 Å². The van der Waals surface area contributed by atoms with E-state index in [1.165, 1.54) is 18.2 Å². The van der Waals surface area contributed by atoms with E-state index in [0.29, 0.717) is 0 Å². The van der Waals surface area contributed by atoms with Gasteiger partial charge in [-0.1, -0.05) is 18.2 Å². The fourth-order valence-electron chi connectivity index (χ4n) is 0.709. The molecular formula is C6H6O5S2. The van der Waals surface area contributed by atoms with Gasteiger partial charge in [-0.05, 0) is 12.1 Å². The van der Waals surface area contributed by atoms with E-state index in [1.807, 2.05) is 0 Å². The van der Waals surface area contributed by atoms with Crippen LogP contribution in [-0.4, -0.2) is 21.4 Å². The maximum atomic E-state index is 11.0. The SMILES string of the molecule is O=S(=O)(O)S(=O)(=O)c1ccccc1. The summed E-state index contributed by atoms with van der Waals surface area (Å²) < 4.78 is 51.3. The average molecular weight is 222 g/mol. The van der Waals surface area contributed by atoms with Crippen LogP contribution < -0.4 is 0 Å². The predicted molar refractivity (Wildman–Crippen MR) is 45.2 cm³/mol. The molecule has 1 aromatic rings. The minimum Gasteiger partial charge on any atom is -0.273 e. The van der Waals surface area contributed by atoms with Crippen LogP contribution in [-0.2, 0) is 18.0 Å². The van der Waals surface area contributed by atoms with Crippen LogP contribution in [0.5, 0.6) is 0 Å². The van der Waals surface area contributed by atoms with Gasteiger partial charge < -0.3 is 0 Å². The van der Waals surface area contributed by atoms with E-state index in [4.69, 9.17) is 4.55 Å². The Bertz CT molecular complexity index is 485. The van der Waals surface area contributed by atoms with Gasteiger partial charge in [-0.25, -0.2) is 8.42 Å². The lowest BCUT2D eigenvalue weighted by molar-refractivity contribution is 0.493. The number of hydrogen-bond acceptors (Lipinski definition) is 4. The quantitative estimate of drug-likeness (QED) is 0.573. The van der Waals surface area contributed by atoms with Gasteiger partial charge in [0.05, 0.1) is 4.90 Å². The van der Waals surface area contributed by atoms with Crippen molar-refractivity contribution in [3.05, 3.63) is 30.3 Å². The van der Waals surface area contributed by atoms with Crippen LogP contribution in [0, 0.1) is 0 Å². The third-order valence-electron chi connectivity index (χ3n) is 1.31. The first-order valence-electron chi connectivity index (χ1n) is 3.13. The Labute approximate surface area is 75.1 Å². The number of hydrogen-bond donors (Lipinski definition) is 1. The molecule has 0 unspecified atom stereocenters. The highest BCUT2D eigenvalue weighted by Crippen LogP contribution is 2.14. The zero-order valence-corrected chi connectivity index (χ0v) is 7.92. The van der Waals surface area contributed by atoms with Crippen molar-refractivity contribution in [2.75, 3.05) is 0 Å². The molecule has 0 fully saturated rings. The van der Waals surface area contributed by atoms with Crippen LogP contribution in [0.2, 0.25) is 0 Å². The van der Waals surface area contributed by atoms with Crippen molar-refractivity contribution in [3.8, 4) is 0 Å². The molecule has 7 heteroatoms. The third kappa shape index (κ3) is 1.87. The highest BCUT2D eigenvalue weighted by molar-refractivity contribution is 8.64. The molecule has 13 heavy (non-hydrogen) atoms. The monoisotopic (exact) mass is 222 g/mol. The largest absolute Gasteiger partial charge is 0.377 e.